The summed E-state index contributed by atoms with van der Waals surface area (Å²) in [5.41, 5.74) is -0.358. The van der Waals surface area contributed by atoms with Gasteiger partial charge in [-0.3, -0.25) is 9.59 Å². The zero-order valence-corrected chi connectivity index (χ0v) is 23.6. The number of nitrogens with zero attached hydrogens (tertiary/aromatic N) is 4. The van der Waals surface area contributed by atoms with Crippen molar-refractivity contribution in [2.45, 2.75) is 49.1 Å². The van der Waals surface area contributed by atoms with Gasteiger partial charge in [0, 0.05) is 17.0 Å². The van der Waals surface area contributed by atoms with E-state index in [1.165, 1.54) is 17.3 Å². The van der Waals surface area contributed by atoms with E-state index in [-0.39, 0.29) is 29.1 Å². The highest BCUT2D eigenvalue weighted by Gasteiger charge is 2.49. The molecular formula is C23H26Cl4N4O4S. The highest BCUT2D eigenvalue weighted by Crippen LogP contribution is 2.46. The van der Waals surface area contributed by atoms with Crippen LogP contribution in [-0.2, 0) is 9.59 Å². The van der Waals surface area contributed by atoms with E-state index in [1.54, 1.807) is 24.3 Å². The van der Waals surface area contributed by atoms with E-state index in [4.69, 9.17) is 51.1 Å². The standard InChI is InChI=1S/C14H18ClN3O2.C9H8Cl3NO2S/c1-14(2,3)12(19)13(18-9-16-8-17-18)20-11-6-4-10(15)5-7-11;10-9(11,12)16-13-7(14)5-3-1-2-4-6(5)8(13)15/h4-9,12-13,19H,1-3H3;1-2,5-6H,3-4H2. The summed E-state index contributed by atoms with van der Waals surface area (Å²) in [5.74, 6) is -0.459. The van der Waals surface area contributed by atoms with Crippen LogP contribution in [0.15, 0.2) is 49.1 Å². The van der Waals surface area contributed by atoms with E-state index in [9.17, 15) is 14.7 Å². The lowest BCUT2D eigenvalue weighted by Gasteiger charge is -2.32. The first-order valence-electron chi connectivity index (χ1n) is 11.0. The topological polar surface area (TPSA) is 97.5 Å². The molecule has 1 aliphatic heterocycles. The summed E-state index contributed by atoms with van der Waals surface area (Å²) in [6, 6.07) is 6.97. The maximum atomic E-state index is 11.9. The Morgan fingerprint density at radius 2 is 1.61 bits per heavy atom. The second-order valence-electron chi connectivity index (χ2n) is 9.31. The monoisotopic (exact) mass is 594 g/mol. The molecule has 4 rings (SSSR count). The van der Waals surface area contributed by atoms with Crippen LogP contribution in [0.3, 0.4) is 0 Å². The molecule has 0 radical (unpaired) electrons. The molecule has 1 aromatic carbocycles. The molecule has 1 aliphatic carbocycles. The number of alkyl halides is 3. The molecule has 2 amide bonds. The molecular weight excluding hydrogens is 570 g/mol. The first-order valence-corrected chi connectivity index (χ1v) is 13.3. The van der Waals surface area contributed by atoms with Gasteiger partial charge in [0.05, 0.1) is 11.8 Å². The molecule has 13 heteroatoms. The fourth-order valence-electron chi connectivity index (χ4n) is 3.66. The minimum atomic E-state index is -1.69. The number of hydrogen-bond acceptors (Lipinski definition) is 7. The third-order valence-electron chi connectivity index (χ3n) is 5.59. The minimum Gasteiger partial charge on any atom is -0.466 e. The van der Waals surface area contributed by atoms with Gasteiger partial charge in [-0.15, -0.1) is 0 Å². The van der Waals surface area contributed by atoms with Crippen molar-refractivity contribution in [3.63, 3.8) is 0 Å². The van der Waals surface area contributed by atoms with E-state index in [0.717, 1.165) is 4.31 Å². The highest BCUT2D eigenvalue weighted by molar-refractivity contribution is 8.03. The van der Waals surface area contributed by atoms with Crippen LogP contribution >= 0.6 is 58.4 Å². The van der Waals surface area contributed by atoms with E-state index in [1.807, 2.05) is 32.9 Å². The summed E-state index contributed by atoms with van der Waals surface area (Å²) in [5, 5.41) is 15.2. The number of rotatable bonds is 5. The number of fused-ring (bicyclic) bond motifs is 1. The molecule has 0 saturated carbocycles. The minimum absolute atomic E-state index is 0.254. The average molecular weight is 596 g/mol. The number of aromatic nitrogens is 3. The number of halogens is 4. The van der Waals surface area contributed by atoms with E-state index < -0.39 is 15.5 Å². The molecule has 36 heavy (non-hydrogen) atoms. The summed E-state index contributed by atoms with van der Waals surface area (Å²) >= 11 is 23.2. The van der Waals surface area contributed by atoms with Gasteiger partial charge in [0.15, 0.2) is 0 Å². The molecule has 196 valence electrons. The summed E-state index contributed by atoms with van der Waals surface area (Å²) in [7, 11) is 0. The normalized spacial score (nSPS) is 21.5. The van der Waals surface area contributed by atoms with Gasteiger partial charge in [-0.2, -0.15) is 5.10 Å². The number of ether oxygens (including phenoxy) is 1. The molecule has 1 saturated heterocycles. The molecule has 4 unspecified atom stereocenters. The predicted octanol–water partition coefficient (Wildman–Crippen LogP) is 5.83. The fraction of sp³-hybridized carbons (Fsp3) is 0.478. The Morgan fingerprint density at radius 3 is 2.06 bits per heavy atom. The lowest BCUT2D eigenvalue weighted by atomic mass is 9.85. The van der Waals surface area contributed by atoms with Crippen molar-refractivity contribution in [3.05, 3.63) is 54.1 Å². The van der Waals surface area contributed by atoms with Gasteiger partial charge in [-0.25, -0.2) is 14.0 Å². The molecule has 0 bridgehead atoms. The van der Waals surface area contributed by atoms with Crippen molar-refractivity contribution in [1.82, 2.24) is 19.1 Å². The number of hydrogen-bond donors (Lipinski definition) is 1. The van der Waals surface area contributed by atoms with Gasteiger partial charge >= 0.3 is 0 Å². The summed E-state index contributed by atoms with van der Waals surface area (Å²) < 4.78 is 6.67. The van der Waals surface area contributed by atoms with Crippen molar-refractivity contribution < 1.29 is 19.4 Å². The number of amides is 2. The Balaban J connectivity index is 0.000000205. The molecule has 1 aromatic heterocycles. The third-order valence-corrected chi connectivity index (χ3v) is 7.21. The number of carbonyl (C=O) groups excluding carboxylic acids is 2. The van der Waals surface area contributed by atoms with Crippen molar-refractivity contribution >= 4 is 70.2 Å². The van der Waals surface area contributed by atoms with Crippen LogP contribution in [0, 0.1) is 17.3 Å². The van der Waals surface area contributed by atoms with E-state index >= 15 is 0 Å². The summed E-state index contributed by atoms with van der Waals surface area (Å²) in [6.07, 6.45) is 6.53. The van der Waals surface area contributed by atoms with Gasteiger partial charge < -0.3 is 9.84 Å². The van der Waals surface area contributed by atoms with Crippen molar-refractivity contribution in [2.75, 3.05) is 0 Å². The molecule has 2 heterocycles. The molecule has 2 aliphatic rings. The molecule has 4 atom stereocenters. The molecule has 1 N–H and O–H groups in total. The SMILES string of the molecule is CC(C)(C)C(O)C(Oc1ccc(Cl)cc1)n1cncn1.O=C1C2CC=CCC2C(=O)N1SC(Cl)(Cl)Cl. The van der Waals surface area contributed by atoms with Gasteiger partial charge in [-0.05, 0) is 42.5 Å². The third kappa shape index (κ3) is 7.52. The molecule has 2 aromatic rings. The Bertz CT molecular complexity index is 1050. The van der Waals surface area contributed by atoms with Crippen LogP contribution in [0.1, 0.15) is 39.8 Å². The summed E-state index contributed by atoms with van der Waals surface area (Å²) in [6.45, 7) is 5.81. The zero-order chi connectivity index (χ0) is 26.7. The van der Waals surface area contributed by atoms with Gasteiger partial charge in [0.2, 0.25) is 18.0 Å². The maximum Gasteiger partial charge on any atom is 0.256 e. The van der Waals surface area contributed by atoms with E-state index in [2.05, 4.69) is 10.1 Å². The van der Waals surface area contributed by atoms with Gasteiger partial charge in [-0.1, -0.05) is 79.3 Å². The Hall–Kier alpha value is -1.49. The van der Waals surface area contributed by atoms with Crippen molar-refractivity contribution in [3.8, 4) is 5.75 Å². The lowest BCUT2D eigenvalue weighted by molar-refractivity contribution is -0.133. The Kier molecular flexibility index (Phi) is 9.63. The quantitative estimate of drug-likeness (QED) is 0.201. The van der Waals surface area contributed by atoms with Crippen molar-refractivity contribution in [1.29, 1.82) is 0 Å². The predicted molar refractivity (Wildman–Crippen MR) is 142 cm³/mol. The number of aliphatic hydroxyl groups is 1. The second-order valence-corrected chi connectivity index (χ2v) is 13.9. The lowest BCUT2D eigenvalue weighted by Crippen LogP contribution is -2.38. The van der Waals surface area contributed by atoms with Gasteiger partial charge in [0.1, 0.15) is 24.5 Å². The smallest absolute Gasteiger partial charge is 0.256 e. The number of imide groups is 1. The van der Waals surface area contributed by atoms with E-state index in [0.29, 0.717) is 35.6 Å². The first-order chi connectivity index (χ1) is 16.8. The van der Waals surface area contributed by atoms with Crippen LogP contribution in [-0.4, -0.2) is 45.2 Å². The average Bonchev–Trinajstić information content (AvgIpc) is 3.41. The molecule has 8 nitrogen and oxygen atoms in total. The number of allylic oxidation sites excluding steroid dienone is 2. The molecule has 1 fully saturated rings. The number of carbonyl (C=O) groups is 2. The first kappa shape index (κ1) is 29.1. The Morgan fingerprint density at radius 1 is 1.06 bits per heavy atom. The molecule has 0 spiro atoms. The van der Waals surface area contributed by atoms with Crippen LogP contribution in [0.2, 0.25) is 5.02 Å². The number of aliphatic hydroxyl groups excluding tert-OH is 1. The summed E-state index contributed by atoms with van der Waals surface area (Å²) in [4.78, 5) is 27.7. The second kappa shape index (κ2) is 11.9. The van der Waals surface area contributed by atoms with Crippen LogP contribution in [0.25, 0.3) is 0 Å². The number of benzene rings is 1. The van der Waals surface area contributed by atoms with Crippen molar-refractivity contribution in [2.24, 2.45) is 17.3 Å². The van der Waals surface area contributed by atoms with Crippen LogP contribution in [0.4, 0.5) is 0 Å². The highest BCUT2D eigenvalue weighted by atomic mass is 35.6. The zero-order valence-electron chi connectivity index (χ0n) is 19.7. The Labute approximate surface area is 234 Å². The van der Waals surface area contributed by atoms with Crippen LogP contribution < -0.4 is 4.74 Å². The van der Waals surface area contributed by atoms with Crippen LogP contribution in [0.5, 0.6) is 5.75 Å². The largest absolute Gasteiger partial charge is 0.466 e. The maximum absolute atomic E-state index is 11.9. The van der Waals surface area contributed by atoms with Gasteiger partial charge in [0.25, 0.3) is 3.12 Å². The fourth-order valence-corrected chi connectivity index (χ4v) is 5.06.